The van der Waals surface area contributed by atoms with Crippen LogP contribution in [0.1, 0.15) is 326 Å². The summed E-state index contributed by atoms with van der Waals surface area (Å²) in [4.78, 5) is 61.6. The van der Waals surface area contributed by atoms with Gasteiger partial charge in [0.25, 0.3) is 0 Å². The molecule has 9 heteroatoms. The SMILES string of the molecule is C=C=C(C)CCCCCCCC.C=C=C(CC(CC)CC(=O)C=C)OCCCCCCCC.C=CC(=O)CCCCCCCC.CCC1CCN1C.CCCCCCCCOC(=O)CC(CCC)CC(=O)O[C@H]1CCC(C(=O)CC)[C@H](CC)C1. The van der Waals surface area contributed by atoms with E-state index in [0.29, 0.717) is 43.5 Å². The normalized spacial score (nSPS) is 16.6. The fraction of sp³-hybridized carbons (Fsp3) is 0.800. The molecule has 9 nitrogen and oxygen atoms in total. The summed E-state index contributed by atoms with van der Waals surface area (Å²) < 4.78 is 16.9. The second-order valence-electron chi connectivity index (χ2n) is 24.1. The Kier molecular flexibility index (Phi) is 62.6. The van der Waals surface area contributed by atoms with Crippen molar-refractivity contribution in [2.45, 2.75) is 338 Å². The number of carbonyl (C=O) groups is 5. The van der Waals surface area contributed by atoms with E-state index in [-0.39, 0.29) is 54.3 Å². The molecule has 488 valence electrons. The van der Waals surface area contributed by atoms with Gasteiger partial charge in [0, 0.05) is 50.5 Å². The van der Waals surface area contributed by atoms with Gasteiger partial charge in [0.15, 0.2) is 11.6 Å². The Bertz CT molecular complexity index is 1740. The van der Waals surface area contributed by atoms with Crippen LogP contribution < -0.4 is 0 Å². The molecule has 1 aliphatic carbocycles. The second kappa shape index (κ2) is 62.3. The maximum absolute atomic E-state index is 12.6. The van der Waals surface area contributed by atoms with Crippen LogP contribution in [-0.2, 0) is 38.2 Å². The predicted molar refractivity (Wildman–Crippen MR) is 359 cm³/mol. The molecule has 0 aromatic rings. The molecule has 0 aromatic carbocycles. The van der Waals surface area contributed by atoms with Crippen LogP contribution in [0.5, 0.6) is 0 Å². The zero-order valence-corrected chi connectivity index (χ0v) is 57.1. The van der Waals surface area contributed by atoms with Gasteiger partial charge in [-0.05, 0) is 127 Å². The van der Waals surface area contributed by atoms with Crippen molar-refractivity contribution in [3.05, 3.63) is 61.3 Å². The van der Waals surface area contributed by atoms with Crippen molar-refractivity contribution < 1.29 is 38.2 Å². The van der Waals surface area contributed by atoms with E-state index in [4.69, 9.17) is 14.2 Å². The number of nitrogens with zero attached hydrogens (tertiary/aromatic N) is 1. The Morgan fingerprint density at radius 1 is 0.536 bits per heavy atom. The summed E-state index contributed by atoms with van der Waals surface area (Å²) in [5.41, 5.74) is 7.12. The van der Waals surface area contributed by atoms with E-state index in [1.807, 2.05) is 6.92 Å². The Labute approximate surface area is 520 Å². The molecular weight excluding hydrogens is 1040 g/mol. The van der Waals surface area contributed by atoms with Crippen LogP contribution in [0.4, 0.5) is 0 Å². The first-order valence-corrected chi connectivity index (χ1v) is 34.8. The Balaban J connectivity index is -0.00000108. The Morgan fingerprint density at radius 2 is 1.04 bits per heavy atom. The molecule has 2 aliphatic rings. The first-order chi connectivity index (χ1) is 40.6. The molecule has 0 amide bonds. The predicted octanol–water partition coefficient (Wildman–Crippen LogP) is 21.5. The number of hydrogen-bond acceptors (Lipinski definition) is 9. The summed E-state index contributed by atoms with van der Waals surface area (Å²) >= 11 is 0. The van der Waals surface area contributed by atoms with Gasteiger partial charge in [-0.25, -0.2) is 0 Å². The Hall–Kier alpha value is -3.77. The highest BCUT2D eigenvalue weighted by Gasteiger charge is 2.35. The molecule has 0 N–H and O–H groups in total. The summed E-state index contributed by atoms with van der Waals surface area (Å²) in [5.74, 6) is 1.70. The minimum absolute atomic E-state index is 0.0236. The standard InChI is InChI=1S/C27H48O5.C19H32O2.C12H22.C11H20O.C6H13N/c1-5-9-10-11-12-13-17-31-26(29)18-21(14-6-2)19-27(30)32-23-15-16-24(25(28)8-4)22(7-3)20-23;1-5-9-10-11-12-13-14-21-19(8-4)16-17(6-2)15-18(20)7-3;1-4-6-7-8-9-10-11-12(3)5-2;1-3-5-6-7-8-9-10-11(12)4-2;1-3-6-4-5-7(6)2/h21-24H,5-20H2,1-4H3;7,17H,3-6,9-16H2,1-2H3;2,4,6-11H2,1,3H3;4H,2-3,5-10H2,1H3;6H,3-5H2,1-2H3/t21?,22-,23+,24?;;;;/m1..../s1. The van der Waals surface area contributed by atoms with Gasteiger partial charge in [0.2, 0.25) is 0 Å². The van der Waals surface area contributed by atoms with Gasteiger partial charge in [0.05, 0.1) is 13.2 Å². The summed E-state index contributed by atoms with van der Waals surface area (Å²) in [5, 5.41) is 0. The van der Waals surface area contributed by atoms with Crippen molar-refractivity contribution in [2.75, 3.05) is 26.8 Å². The van der Waals surface area contributed by atoms with Crippen LogP contribution in [0.25, 0.3) is 0 Å². The number of likely N-dealkylation sites (tertiary alicyclic amines) is 1. The summed E-state index contributed by atoms with van der Waals surface area (Å²) in [7, 11) is 2.19. The zero-order valence-electron chi connectivity index (χ0n) is 57.1. The zero-order chi connectivity index (χ0) is 63.4. The van der Waals surface area contributed by atoms with Crippen LogP contribution in [0, 0.1) is 23.7 Å². The third-order valence-corrected chi connectivity index (χ3v) is 16.7. The molecule has 1 aliphatic heterocycles. The minimum Gasteiger partial charge on any atom is -0.490 e. The molecule has 4 unspecified atom stereocenters. The van der Waals surface area contributed by atoms with Gasteiger partial charge in [0.1, 0.15) is 17.6 Å². The van der Waals surface area contributed by atoms with E-state index >= 15 is 0 Å². The average Bonchev–Trinajstić information content (AvgIpc) is 3.71. The number of hydrogen-bond donors (Lipinski definition) is 0. The Morgan fingerprint density at radius 3 is 1.45 bits per heavy atom. The number of ether oxygens (including phenoxy) is 3. The summed E-state index contributed by atoms with van der Waals surface area (Å²) in [6.07, 6.45) is 45.9. The van der Waals surface area contributed by atoms with E-state index in [9.17, 15) is 24.0 Å². The highest BCUT2D eigenvalue weighted by Crippen LogP contribution is 2.36. The molecule has 0 spiro atoms. The lowest BCUT2D eigenvalue weighted by atomic mass is 9.74. The van der Waals surface area contributed by atoms with Gasteiger partial charge in [-0.15, -0.1) is 5.73 Å². The van der Waals surface area contributed by atoms with Gasteiger partial charge < -0.3 is 19.1 Å². The summed E-state index contributed by atoms with van der Waals surface area (Å²) in [6, 6.07) is 0.917. The maximum Gasteiger partial charge on any atom is 0.306 e. The molecule has 6 atom stereocenters. The number of carbonyl (C=O) groups excluding carboxylic acids is 5. The highest BCUT2D eigenvalue weighted by atomic mass is 16.5. The fourth-order valence-corrected chi connectivity index (χ4v) is 10.8. The largest absolute Gasteiger partial charge is 0.490 e. The quantitative estimate of drug-likeness (QED) is 0.0193. The van der Waals surface area contributed by atoms with Crippen molar-refractivity contribution in [1.29, 1.82) is 0 Å². The van der Waals surface area contributed by atoms with E-state index < -0.39 is 0 Å². The van der Waals surface area contributed by atoms with Crippen LogP contribution in [0.2, 0.25) is 0 Å². The molecule has 1 saturated heterocycles. The van der Waals surface area contributed by atoms with Crippen LogP contribution in [0.3, 0.4) is 0 Å². The first-order valence-electron chi connectivity index (χ1n) is 34.8. The van der Waals surface area contributed by atoms with Gasteiger partial charge in [-0.3, -0.25) is 24.0 Å². The van der Waals surface area contributed by atoms with E-state index in [1.165, 1.54) is 172 Å². The third kappa shape index (κ3) is 51.5. The molecule has 0 bridgehead atoms. The molecule has 2 fully saturated rings. The number of ketones is 3. The molecule has 1 saturated carbocycles. The van der Waals surface area contributed by atoms with Gasteiger partial charge >= 0.3 is 11.9 Å². The monoisotopic (exact) mass is 1180 g/mol. The molecule has 2 rings (SSSR count). The van der Waals surface area contributed by atoms with Crippen molar-refractivity contribution in [1.82, 2.24) is 4.90 Å². The maximum atomic E-state index is 12.6. The van der Waals surface area contributed by atoms with Gasteiger partial charge in [-0.1, -0.05) is 242 Å². The summed E-state index contributed by atoms with van der Waals surface area (Å²) in [6.45, 7) is 38.3. The van der Waals surface area contributed by atoms with Gasteiger partial charge in [-0.2, -0.15) is 0 Å². The third-order valence-electron chi connectivity index (χ3n) is 16.7. The number of esters is 2. The highest BCUT2D eigenvalue weighted by molar-refractivity contribution is 5.89. The molecule has 1 heterocycles. The lowest BCUT2D eigenvalue weighted by Gasteiger charge is -2.37. The number of Topliss-reactive ketones (excluding diaryl/α,β-unsaturated/α-hetero) is 1. The second-order valence-corrected chi connectivity index (χ2v) is 24.1. The number of unbranched alkanes of at least 4 members (excludes halogenated alkanes) is 20. The van der Waals surface area contributed by atoms with Crippen LogP contribution in [-0.4, -0.2) is 73.1 Å². The molecular formula is C75H135NO8. The first kappa shape index (κ1) is 84.4. The molecule has 0 aromatic heterocycles. The number of rotatable bonds is 47. The topological polar surface area (TPSA) is 116 Å². The molecule has 0 radical (unpaired) electrons. The van der Waals surface area contributed by atoms with Crippen molar-refractivity contribution in [3.63, 3.8) is 0 Å². The van der Waals surface area contributed by atoms with E-state index in [1.54, 1.807) is 0 Å². The number of allylic oxidation sites excluding steroid dienone is 4. The molecule has 84 heavy (non-hydrogen) atoms. The van der Waals surface area contributed by atoms with Crippen molar-refractivity contribution in [2.24, 2.45) is 23.7 Å². The van der Waals surface area contributed by atoms with Crippen LogP contribution >= 0.6 is 0 Å². The fourth-order valence-electron chi connectivity index (χ4n) is 10.8. The average molecular weight is 1180 g/mol. The van der Waals surface area contributed by atoms with Crippen molar-refractivity contribution >= 4 is 29.3 Å². The smallest absolute Gasteiger partial charge is 0.306 e. The van der Waals surface area contributed by atoms with Crippen LogP contribution in [0.15, 0.2) is 61.3 Å². The van der Waals surface area contributed by atoms with E-state index in [2.05, 4.69) is 112 Å². The van der Waals surface area contributed by atoms with E-state index in [0.717, 1.165) is 95.5 Å². The van der Waals surface area contributed by atoms with Crippen molar-refractivity contribution in [3.8, 4) is 0 Å². The minimum atomic E-state index is -0.215. The lowest BCUT2D eigenvalue weighted by molar-refractivity contribution is -0.154. The lowest BCUT2D eigenvalue weighted by Crippen LogP contribution is -2.43.